The van der Waals surface area contributed by atoms with Crippen LogP contribution in [-0.4, -0.2) is 40.4 Å². The zero-order chi connectivity index (χ0) is 20.8. The Labute approximate surface area is 166 Å². The fourth-order valence-electron chi connectivity index (χ4n) is 2.57. The van der Waals surface area contributed by atoms with Crippen LogP contribution in [0.2, 0.25) is 0 Å². The molecule has 1 heterocycles. The van der Waals surface area contributed by atoms with E-state index in [1.165, 1.54) is 30.1 Å². The summed E-state index contributed by atoms with van der Waals surface area (Å²) >= 11 is 0. The predicted octanol–water partition coefficient (Wildman–Crippen LogP) is 2.06. The molecule has 150 valence electrons. The second kappa shape index (κ2) is 8.79. The van der Waals surface area contributed by atoms with Crippen molar-refractivity contribution < 1.29 is 24.2 Å². The van der Waals surface area contributed by atoms with Crippen LogP contribution in [0.3, 0.4) is 0 Å². The third-order valence-electron chi connectivity index (χ3n) is 3.95. The van der Waals surface area contributed by atoms with Gasteiger partial charge in [0.05, 0.1) is 25.6 Å². The van der Waals surface area contributed by atoms with Gasteiger partial charge in [-0.3, -0.25) is 20.4 Å². The molecular formula is C20H20N4O5. The molecule has 0 bridgehead atoms. The predicted molar refractivity (Wildman–Crippen MR) is 104 cm³/mol. The van der Waals surface area contributed by atoms with E-state index in [1.54, 1.807) is 30.3 Å². The third-order valence-corrected chi connectivity index (χ3v) is 3.95. The molecule has 0 radical (unpaired) electrons. The first-order valence-corrected chi connectivity index (χ1v) is 8.79. The number of amides is 2. The summed E-state index contributed by atoms with van der Waals surface area (Å²) in [4.78, 5) is 24.6. The lowest BCUT2D eigenvalue weighted by molar-refractivity contribution is 0.0842. The molecule has 3 rings (SSSR count). The Morgan fingerprint density at radius 3 is 2.48 bits per heavy atom. The summed E-state index contributed by atoms with van der Waals surface area (Å²) in [6.07, 6.45) is 1.31. The Hall–Kier alpha value is -4.01. The van der Waals surface area contributed by atoms with Crippen molar-refractivity contribution in [3.05, 3.63) is 66.0 Å². The number of hydrogen-bond acceptors (Lipinski definition) is 6. The van der Waals surface area contributed by atoms with Gasteiger partial charge >= 0.3 is 0 Å². The molecule has 0 fully saturated rings. The molecule has 29 heavy (non-hydrogen) atoms. The van der Waals surface area contributed by atoms with Crippen LogP contribution in [0, 0.1) is 0 Å². The van der Waals surface area contributed by atoms with Crippen LogP contribution in [0.25, 0.3) is 5.69 Å². The number of rotatable bonds is 6. The van der Waals surface area contributed by atoms with Crippen LogP contribution >= 0.6 is 0 Å². The lowest BCUT2D eigenvalue weighted by atomic mass is 10.2. The number of carbonyl (C=O) groups is 2. The van der Waals surface area contributed by atoms with Crippen LogP contribution in [0.15, 0.2) is 54.7 Å². The lowest BCUT2D eigenvalue weighted by Crippen LogP contribution is -2.41. The van der Waals surface area contributed by atoms with Gasteiger partial charge in [0, 0.05) is 5.56 Å². The van der Waals surface area contributed by atoms with Crippen LogP contribution in [0.1, 0.15) is 27.8 Å². The maximum absolute atomic E-state index is 12.3. The average Bonchev–Trinajstić information content (AvgIpc) is 3.14. The number of aromatic nitrogens is 2. The number of nitrogens with one attached hydrogen (secondary N) is 2. The van der Waals surface area contributed by atoms with Gasteiger partial charge in [0.25, 0.3) is 11.8 Å². The molecule has 0 unspecified atom stereocenters. The first-order chi connectivity index (χ1) is 14.0. The molecule has 0 aliphatic rings. The molecule has 2 aromatic carbocycles. The second-order valence-corrected chi connectivity index (χ2v) is 5.85. The number of aromatic hydroxyl groups is 1. The van der Waals surface area contributed by atoms with Gasteiger partial charge < -0.3 is 14.6 Å². The number of para-hydroxylation sites is 1. The summed E-state index contributed by atoms with van der Waals surface area (Å²) < 4.78 is 12.0. The average molecular weight is 396 g/mol. The van der Waals surface area contributed by atoms with E-state index in [0.717, 1.165) is 0 Å². The maximum atomic E-state index is 12.3. The van der Waals surface area contributed by atoms with Crippen molar-refractivity contribution in [3.63, 3.8) is 0 Å². The number of nitrogens with zero attached hydrogens (tertiary/aromatic N) is 2. The number of ether oxygens (including phenoxy) is 2. The number of benzene rings is 2. The highest BCUT2D eigenvalue weighted by molar-refractivity contribution is 5.99. The summed E-state index contributed by atoms with van der Waals surface area (Å²) in [5.74, 6) is -0.745. The monoisotopic (exact) mass is 396 g/mol. The van der Waals surface area contributed by atoms with Crippen molar-refractivity contribution in [1.29, 1.82) is 0 Å². The minimum absolute atomic E-state index is 0.224. The van der Waals surface area contributed by atoms with E-state index < -0.39 is 11.8 Å². The van der Waals surface area contributed by atoms with Crippen molar-refractivity contribution in [3.8, 4) is 22.9 Å². The summed E-state index contributed by atoms with van der Waals surface area (Å²) in [6.45, 7) is 2.29. The Balaban J connectivity index is 1.68. The van der Waals surface area contributed by atoms with E-state index in [-0.39, 0.29) is 17.0 Å². The molecule has 0 saturated heterocycles. The van der Waals surface area contributed by atoms with Crippen LogP contribution in [0.4, 0.5) is 0 Å². The van der Waals surface area contributed by atoms with E-state index in [2.05, 4.69) is 16.0 Å². The Morgan fingerprint density at radius 2 is 1.79 bits per heavy atom. The number of hydrazine groups is 1. The quantitative estimate of drug-likeness (QED) is 0.550. The summed E-state index contributed by atoms with van der Waals surface area (Å²) in [6, 6.07) is 13.6. The first kappa shape index (κ1) is 19.7. The molecule has 0 aliphatic carbocycles. The molecule has 0 atom stereocenters. The van der Waals surface area contributed by atoms with Crippen LogP contribution in [0.5, 0.6) is 17.2 Å². The molecule has 0 spiro atoms. The van der Waals surface area contributed by atoms with Crippen molar-refractivity contribution in [2.45, 2.75) is 6.92 Å². The molecule has 3 N–H and O–H groups in total. The topological polar surface area (TPSA) is 115 Å². The number of hydrogen-bond donors (Lipinski definition) is 3. The zero-order valence-electron chi connectivity index (χ0n) is 15.9. The van der Waals surface area contributed by atoms with Crippen LogP contribution in [-0.2, 0) is 0 Å². The first-order valence-electron chi connectivity index (χ1n) is 8.79. The number of carbonyl (C=O) groups excluding carboxylic acids is 2. The molecule has 9 nitrogen and oxygen atoms in total. The molecular weight excluding hydrogens is 376 g/mol. The Kier molecular flexibility index (Phi) is 5.98. The van der Waals surface area contributed by atoms with E-state index in [0.29, 0.717) is 23.8 Å². The highest BCUT2D eigenvalue weighted by Crippen LogP contribution is 2.28. The standard InChI is InChI=1S/C20H20N4O5/c1-3-29-16-10-9-13(11-17(16)28-2)19(26)21-22-20(27)18-15(25)12-24(23-18)14-7-5-4-6-8-14/h4-12,25H,3H2,1-2H3,(H,21,26)(H,22,27). The van der Waals surface area contributed by atoms with Gasteiger partial charge in [-0.1, -0.05) is 18.2 Å². The van der Waals surface area contributed by atoms with Crippen molar-refractivity contribution >= 4 is 11.8 Å². The van der Waals surface area contributed by atoms with E-state index in [4.69, 9.17) is 9.47 Å². The fourth-order valence-corrected chi connectivity index (χ4v) is 2.57. The molecule has 0 aliphatic heterocycles. The fraction of sp³-hybridized carbons (Fsp3) is 0.150. The van der Waals surface area contributed by atoms with Gasteiger partial charge in [-0.15, -0.1) is 0 Å². The molecule has 2 amide bonds. The maximum Gasteiger partial charge on any atom is 0.294 e. The lowest BCUT2D eigenvalue weighted by Gasteiger charge is -2.11. The van der Waals surface area contributed by atoms with Gasteiger partial charge in [-0.2, -0.15) is 5.10 Å². The highest BCUT2D eigenvalue weighted by atomic mass is 16.5. The Bertz CT molecular complexity index is 1020. The van der Waals surface area contributed by atoms with Gasteiger partial charge in [0.1, 0.15) is 0 Å². The third kappa shape index (κ3) is 4.46. The van der Waals surface area contributed by atoms with Crippen molar-refractivity contribution in [1.82, 2.24) is 20.6 Å². The second-order valence-electron chi connectivity index (χ2n) is 5.85. The van der Waals surface area contributed by atoms with Gasteiger partial charge in [0.2, 0.25) is 0 Å². The van der Waals surface area contributed by atoms with E-state index in [9.17, 15) is 14.7 Å². The van der Waals surface area contributed by atoms with Crippen molar-refractivity contribution in [2.24, 2.45) is 0 Å². The van der Waals surface area contributed by atoms with Gasteiger partial charge in [-0.05, 0) is 37.3 Å². The largest absolute Gasteiger partial charge is 0.504 e. The van der Waals surface area contributed by atoms with Gasteiger partial charge in [-0.25, -0.2) is 4.68 Å². The summed E-state index contributed by atoms with van der Waals surface area (Å²) in [7, 11) is 1.47. The zero-order valence-corrected chi connectivity index (χ0v) is 15.9. The van der Waals surface area contributed by atoms with Gasteiger partial charge in [0.15, 0.2) is 22.9 Å². The molecule has 0 saturated carbocycles. The molecule has 9 heteroatoms. The molecule has 3 aromatic rings. The summed E-state index contributed by atoms with van der Waals surface area (Å²) in [5.41, 5.74) is 5.22. The normalized spacial score (nSPS) is 10.3. The van der Waals surface area contributed by atoms with Crippen molar-refractivity contribution in [2.75, 3.05) is 13.7 Å². The number of methoxy groups -OCH3 is 1. The minimum atomic E-state index is -0.761. The highest BCUT2D eigenvalue weighted by Gasteiger charge is 2.18. The van der Waals surface area contributed by atoms with E-state index >= 15 is 0 Å². The Morgan fingerprint density at radius 1 is 1.07 bits per heavy atom. The summed E-state index contributed by atoms with van der Waals surface area (Å²) in [5, 5.41) is 14.1. The SMILES string of the molecule is CCOc1ccc(C(=O)NNC(=O)c2nn(-c3ccccc3)cc2O)cc1OC. The smallest absolute Gasteiger partial charge is 0.294 e. The minimum Gasteiger partial charge on any atom is -0.504 e. The van der Waals surface area contributed by atoms with Crippen LogP contribution < -0.4 is 20.3 Å². The van der Waals surface area contributed by atoms with E-state index in [1.807, 2.05) is 13.0 Å². The molecule has 1 aromatic heterocycles.